The molecule has 3 amide bonds. The lowest BCUT2D eigenvalue weighted by molar-refractivity contribution is -0.134. The molecular formula is C25H27ClN4O3. The Hall–Kier alpha value is -3.32. The number of likely N-dealkylation sites (tertiary alicyclic amines) is 1. The van der Waals surface area contributed by atoms with E-state index in [-0.39, 0.29) is 30.2 Å². The number of hydrogen-bond acceptors (Lipinski definition) is 3. The second-order valence-electron chi connectivity index (χ2n) is 8.25. The van der Waals surface area contributed by atoms with Gasteiger partial charge in [0.25, 0.3) is 5.91 Å². The van der Waals surface area contributed by atoms with Crippen LogP contribution in [0, 0.1) is 5.92 Å². The van der Waals surface area contributed by atoms with Gasteiger partial charge in [0.1, 0.15) is 0 Å². The van der Waals surface area contributed by atoms with Crippen LogP contribution in [-0.4, -0.2) is 53.8 Å². The third-order valence-corrected chi connectivity index (χ3v) is 6.31. The van der Waals surface area contributed by atoms with E-state index in [1.54, 1.807) is 29.2 Å². The zero-order chi connectivity index (χ0) is 23.2. The van der Waals surface area contributed by atoms with Crippen LogP contribution < -0.4 is 10.6 Å². The Bertz CT molecular complexity index is 1140. The number of aromatic nitrogens is 1. The number of carbonyl (C=O) groups excluding carboxylic acids is 3. The lowest BCUT2D eigenvalue weighted by Gasteiger charge is -2.31. The molecule has 0 bridgehead atoms. The van der Waals surface area contributed by atoms with Gasteiger partial charge in [-0.05, 0) is 55.2 Å². The van der Waals surface area contributed by atoms with E-state index < -0.39 is 0 Å². The highest BCUT2D eigenvalue weighted by Crippen LogP contribution is 2.23. The summed E-state index contributed by atoms with van der Waals surface area (Å²) in [6.45, 7) is 1.53. The summed E-state index contributed by atoms with van der Waals surface area (Å²) in [5.74, 6) is -0.477. The summed E-state index contributed by atoms with van der Waals surface area (Å²) in [6.07, 6.45) is 3.90. The van der Waals surface area contributed by atoms with Crippen molar-refractivity contribution in [3.05, 3.63) is 70.9 Å². The summed E-state index contributed by atoms with van der Waals surface area (Å²) >= 11 is 6.10. The third kappa shape index (κ3) is 5.73. The average molecular weight is 467 g/mol. The van der Waals surface area contributed by atoms with E-state index in [0.717, 1.165) is 16.5 Å². The van der Waals surface area contributed by atoms with Crippen molar-refractivity contribution in [2.45, 2.75) is 19.3 Å². The van der Waals surface area contributed by atoms with Crippen LogP contribution in [0.25, 0.3) is 10.9 Å². The standard InChI is InChI=1S/C25H27ClN4O3/c26-20-6-7-22-21(14-20)19(15-28-22)8-11-27-24(32)18-9-12-30(13-10-18)23(31)16-29-25(33)17-4-2-1-3-5-17/h1-7,14-15,18,28H,8-13,16H2,(H,27,32)(H,29,33). The van der Waals surface area contributed by atoms with Crippen molar-refractivity contribution in [2.75, 3.05) is 26.2 Å². The number of benzene rings is 2. The Morgan fingerprint density at radius 1 is 1.03 bits per heavy atom. The molecule has 3 aromatic rings. The van der Waals surface area contributed by atoms with Crippen molar-refractivity contribution in [3.63, 3.8) is 0 Å². The van der Waals surface area contributed by atoms with E-state index in [0.29, 0.717) is 49.5 Å². The lowest BCUT2D eigenvalue weighted by atomic mass is 9.95. The minimum atomic E-state index is -0.268. The molecule has 0 radical (unpaired) electrons. The monoisotopic (exact) mass is 466 g/mol. The van der Waals surface area contributed by atoms with Crippen LogP contribution in [-0.2, 0) is 16.0 Å². The molecule has 0 aliphatic carbocycles. The number of piperidine rings is 1. The van der Waals surface area contributed by atoms with Crippen LogP contribution in [0.4, 0.5) is 0 Å². The van der Waals surface area contributed by atoms with Gasteiger partial charge in [0.05, 0.1) is 6.54 Å². The van der Waals surface area contributed by atoms with Crippen LogP contribution >= 0.6 is 11.6 Å². The van der Waals surface area contributed by atoms with Crippen molar-refractivity contribution >= 4 is 40.2 Å². The Kier molecular flexibility index (Phi) is 7.29. The van der Waals surface area contributed by atoms with E-state index >= 15 is 0 Å². The molecule has 33 heavy (non-hydrogen) atoms. The molecule has 172 valence electrons. The number of fused-ring (bicyclic) bond motifs is 1. The maximum Gasteiger partial charge on any atom is 0.251 e. The van der Waals surface area contributed by atoms with Gasteiger partial charge in [-0.1, -0.05) is 29.8 Å². The highest BCUT2D eigenvalue weighted by Gasteiger charge is 2.27. The first-order chi connectivity index (χ1) is 16.0. The fourth-order valence-corrected chi connectivity index (χ4v) is 4.34. The van der Waals surface area contributed by atoms with Crippen molar-refractivity contribution in [1.29, 1.82) is 0 Å². The number of H-pyrrole nitrogens is 1. The molecule has 1 fully saturated rings. The largest absolute Gasteiger partial charge is 0.361 e. The first kappa shape index (κ1) is 22.9. The Balaban J connectivity index is 1.18. The zero-order valence-corrected chi connectivity index (χ0v) is 19.0. The molecule has 0 atom stereocenters. The summed E-state index contributed by atoms with van der Waals surface area (Å²) < 4.78 is 0. The van der Waals surface area contributed by atoms with Gasteiger partial charge in [0.2, 0.25) is 11.8 Å². The number of halogens is 1. The second-order valence-corrected chi connectivity index (χ2v) is 8.69. The number of nitrogens with zero attached hydrogens (tertiary/aromatic N) is 1. The predicted octanol–water partition coefficient (Wildman–Crippen LogP) is 3.15. The number of aromatic amines is 1. The van der Waals surface area contributed by atoms with Crippen LogP contribution in [0.15, 0.2) is 54.7 Å². The summed E-state index contributed by atoms with van der Waals surface area (Å²) in [6, 6.07) is 14.5. The molecule has 1 aliphatic heterocycles. The molecule has 2 aromatic carbocycles. The number of nitrogens with one attached hydrogen (secondary N) is 3. The zero-order valence-electron chi connectivity index (χ0n) is 18.3. The Labute approximate surface area is 197 Å². The molecule has 7 nitrogen and oxygen atoms in total. The molecule has 1 aliphatic rings. The summed E-state index contributed by atoms with van der Waals surface area (Å²) in [5, 5.41) is 7.45. The summed E-state index contributed by atoms with van der Waals surface area (Å²) in [7, 11) is 0. The van der Waals surface area contributed by atoms with Gasteiger partial charge in [-0.3, -0.25) is 14.4 Å². The van der Waals surface area contributed by atoms with E-state index in [1.807, 2.05) is 30.5 Å². The van der Waals surface area contributed by atoms with Gasteiger partial charge in [-0.25, -0.2) is 0 Å². The maximum atomic E-state index is 12.6. The van der Waals surface area contributed by atoms with Gasteiger partial charge in [0, 0.05) is 53.2 Å². The van der Waals surface area contributed by atoms with Gasteiger partial charge < -0.3 is 20.5 Å². The van der Waals surface area contributed by atoms with Gasteiger partial charge >= 0.3 is 0 Å². The third-order valence-electron chi connectivity index (χ3n) is 6.08. The molecule has 0 unspecified atom stereocenters. The van der Waals surface area contributed by atoms with Gasteiger partial charge in [-0.2, -0.15) is 0 Å². The minimum absolute atomic E-state index is 0.0253. The quantitative estimate of drug-likeness (QED) is 0.499. The number of hydrogen-bond donors (Lipinski definition) is 3. The number of rotatable bonds is 7. The van der Waals surface area contributed by atoms with Crippen LogP contribution in [0.3, 0.4) is 0 Å². The van der Waals surface area contributed by atoms with Crippen molar-refractivity contribution in [2.24, 2.45) is 5.92 Å². The topological polar surface area (TPSA) is 94.3 Å². The average Bonchev–Trinajstić information content (AvgIpc) is 3.24. The van der Waals surface area contributed by atoms with Crippen molar-refractivity contribution < 1.29 is 14.4 Å². The van der Waals surface area contributed by atoms with Crippen LogP contribution in [0.5, 0.6) is 0 Å². The smallest absolute Gasteiger partial charge is 0.251 e. The predicted molar refractivity (Wildman–Crippen MR) is 128 cm³/mol. The Morgan fingerprint density at radius 3 is 2.55 bits per heavy atom. The first-order valence-corrected chi connectivity index (χ1v) is 11.5. The van der Waals surface area contributed by atoms with Crippen molar-refractivity contribution in [3.8, 4) is 0 Å². The maximum absolute atomic E-state index is 12.6. The fraction of sp³-hybridized carbons (Fsp3) is 0.320. The molecule has 1 aromatic heterocycles. The van der Waals surface area contributed by atoms with Crippen LogP contribution in [0.1, 0.15) is 28.8 Å². The molecule has 4 rings (SSSR count). The van der Waals surface area contributed by atoms with Crippen molar-refractivity contribution in [1.82, 2.24) is 20.5 Å². The molecule has 0 saturated carbocycles. The minimum Gasteiger partial charge on any atom is -0.361 e. The first-order valence-electron chi connectivity index (χ1n) is 11.2. The number of carbonyl (C=O) groups is 3. The van der Waals surface area contributed by atoms with E-state index in [2.05, 4.69) is 15.6 Å². The lowest BCUT2D eigenvalue weighted by Crippen LogP contribution is -2.46. The highest BCUT2D eigenvalue weighted by molar-refractivity contribution is 6.31. The molecule has 2 heterocycles. The molecular weight excluding hydrogens is 440 g/mol. The molecule has 8 heteroatoms. The summed E-state index contributed by atoms with van der Waals surface area (Å²) in [4.78, 5) is 42.1. The SMILES string of the molecule is O=C(NCC(=O)N1CCC(C(=O)NCCc2c[nH]c3ccc(Cl)cc23)CC1)c1ccccc1. The molecule has 0 spiro atoms. The highest BCUT2D eigenvalue weighted by atomic mass is 35.5. The normalized spacial score (nSPS) is 14.3. The fourth-order valence-electron chi connectivity index (χ4n) is 4.17. The molecule has 3 N–H and O–H groups in total. The van der Waals surface area contributed by atoms with Gasteiger partial charge in [-0.15, -0.1) is 0 Å². The van der Waals surface area contributed by atoms with E-state index in [9.17, 15) is 14.4 Å². The van der Waals surface area contributed by atoms with Crippen LogP contribution in [0.2, 0.25) is 5.02 Å². The number of amides is 3. The van der Waals surface area contributed by atoms with Gasteiger partial charge in [0.15, 0.2) is 0 Å². The Morgan fingerprint density at radius 2 is 1.79 bits per heavy atom. The second kappa shape index (κ2) is 10.5. The van der Waals surface area contributed by atoms with E-state index in [4.69, 9.17) is 11.6 Å². The molecule has 1 saturated heterocycles. The summed E-state index contributed by atoms with van der Waals surface area (Å²) in [5.41, 5.74) is 2.67. The van der Waals surface area contributed by atoms with E-state index in [1.165, 1.54) is 0 Å².